The molecule has 0 aromatic heterocycles. The minimum Gasteiger partial charge on any atom is -0.550 e. The van der Waals surface area contributed by atoms with Gasteiger partial charge in [-0.25, -0.2) is 0 Å². The summed E-state index contributed by atoms with van der Waals surface area (Å²) in [4.78, 5) is 47.6. The first-order valence-electron chi connectivity index (χ1n) is 8.45. The lowest BCUT2D eigenvalue weighted by Crippen LogP contribution is -2.45. The highest BCUT2D eigenvalue weighted by atomic mass is 16.4. The number of benzene rings is 2. The smallest absolute Gasteiger partial charge is 0.252 e. The van der Waals surface area contributed by atoms with Crippen molar-refractivity contribution in [3.63, 3.8) is 0 Å². The summed E-state index contributed by atoms with van der Waals surface area (Å²) in [6, 6.07) is 11.1. The Morgan fingerprint density at radius 2 is 1.67 bits per heavy atom. The molecule has 1 aliphatic rings. The van der Waals surface area contributed by atoms with E-state index in [9.17, 15) is 24.3 Å². The van der Waals surface area contributed by atoms with Gasteiger partial charge in [-0.1, -0.05) is 36.4 Å². The summed E-state index contributed by atoms with van der Waals surface area (Å²) < 4.78 is 0. The third-order valence-corrected chi connectivity index (χ3v) is 4.36. The number of hydrogen-bond acceptors (Lipinski definition) is 5. The van der Waals surface area contributed by atoms with Crippen LogP contribution in [0.15, 0.2) is 42.5 Å². The van der Waals surface area contributed by atoms with E-state index in [1.807, 2.05) is 0 Å². The fraction of sp³-hybridized carbons (Fsp3) is 0.200. The van der Waals surface area contributed by atoms with Crippen LogP contribution in [0.4, 0.5) is 0 Å². The number of fused-ring (bicyclic) bond motifs is 3. The first kappa shape index (κ1) is 18.3. The van der Waals surface area contributed by atoms with Crippen molar-refractivity contribution in [2.75, 3.05) is 6.54 Å². The molecule has 2 aromatic rings. The Labute approximate surface area is 155 Å². The summed E-state index contributed by atoms with van der Waals surface area (Å²) in [6.45, 7) is 1.42. The van der Waals surface area contributed by atoms with E-state index in [4.69, 9.17) is 0 Å². The number of carboxylic acids is 1. The highest BCUT2D eigenvalue weighted by Crippen LogP contribution is 2.38. The first-order valence-corrected chi connectivity index (χ1v) is 8.45. The van der Waals surface area contributed by atoms with E-state index in [2.05, 4.69) is 10.6 Å². The maximum Gasteiger partial charge on any atom is 0.252 e. The molecule has 0 bridgehead atoms. The fourth-order valence-corrected chi connectivity index (χ4v) is 3.05. The highest BCUT2D eigenvalue weighted by molar-refractivity contribution is 6.24. The first-order chi connectivity index (χ1) is 12.9. The summed E-state index contributed by atoms with van der Waals surface area (Å²) in [6.07, 6.45) is -0.308. The molecular weight excluding hydrogens is 348 g/mol. The van der Waals surface area contributed by atoms with Gasteiger partial charge in [-0.15, -0.1) is 0 Å². The van der Waals surface area contributed by atoms with Crippen LogP contribution in [0.1, 0.15) is 39.6 Å². The van der Waals surface area contributed by atoms with Crippen LogP contribution >= 0.6 is 0 Å². The van der Waals surface area contributed by atoms with E-state index in [1.165, 1.54) is 6.92 Å². The lowest BCUT2D eigenvalue weighted by atomic mass is 9.98. The molecular formula is C20H17N2O5-. The van der Waals surface area contributed by atoms with Gasteiger partial charge in [0.2, 0.25) is 5.91 Å². The van der Waals surface area contributed by atoms with Crippen LogP contribution in [0.5, 0.6) is 0 Å². The molecule has 27 heavy (non-hydrogen) atoms. The minimum absolute atomic E-state index is 0.0794. The quantitative estimate of drug-likeness (QED) is 0.651. The molecule has 2 amide bonds. The Bertz CT molecular complexity index is 951. The van der Waals surface area contributed by atoms with Crippen molar-refractivity contribution in [1.82, 2.24) is 10.6 Å². The van der Waals surface area contributed by atoms with Gasteiger partial charge in [0, 0.05) is 41.2 Å². The molecule has 1 atom stereocenters. The standard InChI is InChI=1S/C20H18N2O5/c1-11(19(26)21-10-9-16(23)24)22-20(27)15-8-4-7-14-17(15)12-5-2-3-6-13(12)18(14)25/h2-8,11H,9-10H2,1H3,(H,21,26)(H,22,27)(H,23,24)/p-1/t11-/m0/s1. The van der Waals surface area contributed by atoms with Gasteiger partial charge in [0.1, 0.15) is 6.04 Å². The lowest BCUT2D eigenvalue weighted by Gasteiger charge is -2.16. The second-order valence-corrected chi connectivity index (χ2v) is 6.21. The van der Waals surface area contributed by atoms with Crippen molar-refractivity contribution in [2.45, 2.75) is 19.4 Å². The molecule has 7 nitrogen and oxygen atoms in total. The van der Waals surface area contributed by atoms with Crippen LogP contribution in [-0.4, -0.2) is 36.2 Å². The number of carbonyl (C=O) groups excluding carboxylic acids is 4. The topological polar surface area (TPSA) is 115 Å². The molecule has 0 fully saturated rings. The van der Waals surface area contributed by atoms with Gasteiger partial charge in [-0.3, -0.25) is 14.4 Å². The van der Waals surface area contributed by atoms with E-state index in [1.54, 1.807) is 42.5 Å². The molecule has 7 heteroatoms. The number of hydrogen-bond donors (Lipinski definition) is 2. The number of rotatable bonds is 6. The Kier molecular flexibility index (Phi) is 5.03. The van der Waals surface area contributed by atoms with Crippen molar-refractivity contribution in [1.29, 1.82) is 0 Å². The second kappa shape index (κ2) is 7.41. The van der Waals surface area contributed by atoms with Crippen LogP contribution in [-0.2, 0) is 9.59 Å². The molecule has 0 aliphatic heterocycles. The van der Waals surface area contributed by atoms with Gasteiger partial charge >= 0.3 is 0 Å². The Balaban J connectivity index is 1.79. The lowest BCUT2D eigenvalue weighted by molar-refractivity contribution is -0.305. The molecule has 2 aromatic carbocycles. The average Bonchev–Trinajstić information content (AvgIpc) is 2.94. The van der Waals surface area contributed by atoms with E-state index >= 15 is 0 Å². The van der Waals surface area contributed by atoms with Crippen molar-refractivity contribution in [3.8, 4) is 11.1 Å². The number of carboxylic acid groups (broad SMARTS) is 1. The molecule has 1 aliphatic carbocycles. The number of nitrogens with one attached hydrogen (secondary N) is 2. The van der Waals surface area contributed by atoms with Gasteiger partial charge in [-0.05, 0) is 18.6 Å². The molecule has 0 spiro atoms. The van der Waals surface area contributed by atoms with E-state index in [0.717, 1.165) is 0 Å². The van der Waals surface area contributed by atoms with E-state index in [0.29, 0.717) is 27.8 Å². The molecule has 2 N–H and O–H groups in total. The van der Waals surface area contributed by atoms with Crippen LogP contribution in [0.2, 0.25) is 0 Å². The van der Waals surface area contributed by atoms with E-state index in [-0.39, 0.29) is 18.7 Å². The van der Waals surface area contributed by atoms with Crippen molar-refractivity contribution in [2.24, 2.45) is 0 Å². The zero-order valence-electron chi connectivity index (χ0n) is 14.6. The second-order valence-electron chi connectivity index (χ2n) is 6.21. The van der Waals surface area contributed by atoms with Crippen molar-refractivity contribution < 1.29 is 24.3 Å². The number of aliphatic carboxylic acids is 1. The minimum atomic E-state index is -1.27. The summed E-state index contributed by atoms with van der Waals surface area (Å²) in [5.41, 5.74) is 2.55. The predicted molar refractivity (Wildman–Crippen MR) is 94.9 cm³/mol. The Hall–Kier alpha value is -3.48. The zero-order chi connectivity index (χ0) is 19.6. The molecule has 0 saturated carbocycles. The van der Waals surface area contributed by atoms with Crippen LogP contribution in [0, 0.1) is 0 Å². The molecule has 138 valence electrons. The van der Waals surface area contributed by atoms with Crippen LogP contribution < -0.4 is 15.7 Å². The summed E-state index contributed by atoms with van der Waals surface area (Å²) in [5, 5.41) is 15.4. The fourth-order valence-electron chi connectivity index (χ4n) is 3.05. The molecule has 0 radical (unpaired) electrons. The summed E-state index contributed by atoms with van der Waals surface area (Å²) in [5.74, 6) is -2.40. The maximum absolute atomic E-state index is 12.7. The van der Waals surface area contributed by atoms with Gasteiger partial charge in [0.15, 0.2) is 5.78 Å². The van der Waals surface area contributed by atoms with E-state index < -0.39 is 23.8 Å². The van der Waals surface area contributed by atoms with Gasteiger partial charge in [0.25, 0.3) is 5.91 Å². The average molecular weight is 365 g/mol. The highest BCUT2D eigenvalue weighted by Gasteiger charge is 2.30. The van der Waals surface area contributed by atoms with Crippen LogP contribution in [0.25, 0.3) is 11.1 Å². The van der Waals surface area contributed by atoms with Crippen molar-refractivity contribution >= 4 is 23.6 Å². The normalized spacial score (nSPS) is 12.7. The molecule has 3 rings (SSSR count). The van der Waals surface area contributed by atoms with Gasteiger partial charge in [0.05, 0.1) is 0 Å². The number of carbonyl (C=O) groups is 4. The maximum atomic E-state index is 12.7. The number of ketones is 1. The third kappa shape index (κ3) is 3.57. The molecule has 0 heterocycles. The van der Waals surface area contributed by atoms with Gasteiger partial charge in [-0.2, -0.15) is 0 Å². The van der Waals surface area contributed by atoms with Crippen molar-refractivity contribution in [3.05, 3.63) is 59.2 Å². The predicted octanol–water partition coefficient (Wildman–Crippen LogP) is 0.273. The summed E-state index contributed by atoms with van der Waals surface area (Å²) >= 11 is 0. The van der Waals surface area contributed by atoms with Crippen LogP contribution in [0.3, 0.4) is 0 Å². The Morgan fingerprint density at radius 1 is 1.00 bits per heavy atom. The Morgan fingerprint density at radius 3 is 2.37 bits per heavy atom. The summed E-state index contributed by atoms with van der Waals surface area (Å²) in [7, 11) is 0. The van der Waals surface area contributed by atoms with Gasteiger partial charge < -0.3 is 20.5 Å². The third-order valence-electron chi connectivity index (χ3n) is 4.36. The zero-order valence-corrected chi connectivity index (χ0v) is 14.6. The molecule has 0 unspecified atom stereocenters. The monoisotopic (exact) mass is 365 g/mol. The largest absolute Gasteiger partial charge is 0.550 e. The SMILES string of the molecule is C[C@H](NC(=O)c1cccc2c1-c1ccccc1C2=O)C(=O)NCCC(=O)[O-]. The molecule has 0 saturated heterocycles. The number of amides is 2.